The van der Waals surface area contributed by atoms with Crippen molar-refractivity contribution in [3.8, 4) is 0 Å². The maximum Gasteiger partial charge on any atom is 0.256 e. The normalized spacial score (nSPS) is 17.7. The van der Waals surface area contributed by atoms with E-state index in [1.807, 2.05) is 12.4 Å². The summed E-state index contributed by atoms with van der Waals surface area (Å²) in [6.07, 6.45) is 6.37. The molecule has 2 aromatic heterocycles. The molecule has 1 saturated heterocycles. The van der Waals surface area contributed by atoms with Crippen LogP contribution in [-0.4, -0.2) is 58.3 Å². The SMILES string of the molecule is CCN(CC)Cc1cnc2c(C(=O)NC[C@@H]3CCOC3)cnn2c1. The van der Waals surface area contributed by atoms with E-state index in [-0.39, 0.29) is 5.91 Å². The molecule has 24 heavy (non-hydrogen) atoms. The largest absolute Gasteiger partial charge is 0.381 e. The van der Waals surface area contributed by atoms with Crippen molar-refractivity contribution in [1.82, 2.24) is 24.8 Å². The fraction of sp³-hybridized carbons (Fsp3) is 0.588. The number of carbonyl (C=O) groups is 1. The van der Waals surface area contributed by atoms with Crippen LogP contribution in [0.1, 0.15) is 36.2 Å². The zero-order chi connectivity index (χ0) is 16.9. The van der Waals surface area contributed by atoms with E-state index in [2.05, 4.69) is 34.1 Å². The second kappa shape index (κ2) is 7.72. The van der Waals surface area contributed by atoms with Gasteiger partial charge in [0.1, 0.15) is 5.56 Å². The van der Waals surface area contributed by atoms with Crippen molar-refractivity contribution in [3.05, 3.63) is 29.7 Å². The number of nitrogens with one attached hydrogen (secondary N) is 1. The molecule has 0 spiro atoms. The van der Waals surface area contributed by atoms with Gasteiger partial charge in [0.05, 0.1) is 12.8 Å². The van der Waals surface area contributed by atoms with Gasteiger partial charge in [-0.3, -0.25) is 9.69 Å². The topological polar surface area (TPSA) is 71.8 Å². The van der Waals surface area contributed by atoms with E-state index in [1.54, 1.807) is 10.7 Å². The molecule has 1 N–H and O–H groups in total. The van der Waals surface area contributed by atoms with Gasteiger partial charge in [-0.2, -0.15) is 5.10 Å². The van der Waals surface area contributed by atoms with E-state index in [9.17, 15) is 4.79 Å². The standard InChI is InChI=1S/C17H25N5O2/c1-3-21(4-2)10-14-8-18-16-15(9-20-22(16)11-14)17(23)19-7-13-5-6-24-12-13/h8-9,11,13H,3-7,10,12H2,1-2H3,(H,19,23)/t13-/m0/s1. The Bertz CT molecular complexity index is 689. The van der Waals surface area contributed by atoms with Gasteiger partial charge in [0, 0.05) is 43.6 Å². The molecular formula is C17H25N5O2. The molecule has 1 amide bonds. The number of aromatic nitrogens is 3. The summed E-state index contributed by atoms with van der Waals surface area (Å²) in [5, 5.41) is 7.25. The monoisotopic (exact) mass is 331 g/mol. The van der Waals surface area contributed by atoms with E-state index >= 15 is 0 Å². The zero-order valence-corrected chi connectivity index (χ0v) is 14.4. The van der Waals surface area contributed by atoms with Gasteiger partial charge in [0.25, 0.3) is 5.91 Å². The minimum absolute atomic E-state index is 0.124. The van der Waals surface area contributed by atoms with Crippen LogP contribution in [0.25, 0.3) is 5.65 Å². The van der Waals surface area contributed by atoms with Crippen molar-refractivity contribution in [3.63, 3.8) is 0 Å². The molecule has 2 aromatic rings. The van der Waals surface area contributed by atoms with E-state index < -0.39 is 0 Å². The molecule has 3 heterocycles. The van der Waals surface area contributed by atoms with Gasteiger partial charge in [-0.25, -0.2) is 9.50 Å². The molecular weight excluding hydrogens is 306 g/mol. The Labute approximate surface area is 142 Å². The van der Waals surface area contributed by atoms with Crippen LogP contribution < -0.4 is 5.32 Å². The van der Waals surface area contributed by atoms with Crippen LogP contribution in [0.5, 0.6) is 0 Å². The third kappa shape index (κ3) is 3.73. The average molecular weight is 331 g/mol. The van der Waals surface area contributed by atoms with E-state index in [4.69, 9.17) is 4.74 Å². The minimum Gasteiger partial charge on any atom is -0.381 e. The van der Waals surface area contributed by atoms with Crippen LogP contribution in [0, 0.1) is 5.92 Å². The van der Waals surface area contributed by atoms with Crippen molar-refractivity contribution in [2.75, 3.05) is 32.8 Å². The molecule has 0 saturated carbocycles. The smallest absolute Gasteiger partial charge is 0.256 e. The first kappa shape index (κ1) is 16.9. The minimum atomic E-state index is -0.124. The summed E-state index contributed by atoms with van der Waals surface area (Å²) in [7, 11) is 0. The number of fused-ring (bicyclic) bond motifs is 1. The lowest BCUT2D eigenvalue weighted by atomic mass is 10.1. The number of nitrogens with zero attached hydrogens (tertiary/aromatic N) is 4. The molecule has 1 aliphatic heterocycles. The van der Waals surface area contributed by atoms with Gasteiger partial charge in [-0.15, -0.1) is 0 Å². The molecule has 1 fully saturated rings. The Morgan fingerprint density at radius 1 is 1.42 bits per heavy atom. The Balaban J connectivity index is 1.69. The Kier molecular flexibility index (Phi) is 5.42. The molecule has 7 heteroatoms. The number of hydrogen-bond donors (Lipinski definition) is 1. The summed E-state index contributed by atoms with van der Waals surface area (Å²) in [4.78, 5) is 19.1. The first-order valence-electron chi connectivity index (χ1n) is 8.61. The fourth-order valence-corrected chi connectivity index (χ4v) is 2.94. The Hall–Kier alpha value is -1.99. The van der Waals surface area contributed by atoms with Gasteiger partial charge in [0.15, 0.2) is 5.65 Å². The maximum absolute atomic E-state index is 12.4. The van der Waals surface area contributed by atoms with Gasteiger partial charge in [0.2, 0.25) is 0 Å². The van der Waals surface area contributed by atoms with Crippen molar-refractivity contribution < 1.29 is 9.53 Å². The lowest BCUT2D eigenvalue weighted by Crippen LogP contribution is -2.29. The van der Waals surface area contributed by atoms with Crippen LogP contribution in [0.2, 0.25) is 0 Å². The summed E-state index contributed by atoms with van der Waals surface area (Å²) < 4.78 is 7.02. The van der Waals surface area contributed by atoms with Crippen LogP contribution in [0.4, 0.5) is 0 Å². The van der Waals surface area contributed by atoms with Crippen LogP contribution >= 0.6 is 0 Å². The summed E-state index contributed by atoms with van der Waals surface area (Å²) in [5.74, 6) is 0.283. The van der Waals surface area contributed by atoms with Crippen LogP contribution in [-0.2, 0) is 11.3 Å². The average Bonchev–Trinajstić information content (AvgIpc) is 3.26. The fourth-order valence-electron chi connectivity index (χ4n) is 2.94. The molecule has 0 radical (unpaired) electrons. The molecule has 1 aliphatic rings. The van der Waals surface area contributed by atoms with Crippen molar-refractivity contribution in [2.24, 2.45) is 5.92 Å². The second-order valence-corrected chi connectivity index (χ2v) is 6.19. The van der Waals surface area contributed by atoms with Gasteiger partial charge in [-0.05, 0) is 19.5 Å². The Morgan fingerprint density at radius 2 is 2.25 bits per heavy atom. The van der Waals surface area contributed by atoms with Gasteiger partial charge >= 0.3 is 0 Å². The molecule has 1 atom stereocenters. The molecule has 0 bridgehead atoms. The quantitative estimate of drug-likeness (QED) is 0.829. The van der Waals surface area contributed by atoms with Gasteiger partial charge in [-0.1, -0.05) is 13.8 Å². The summed E-state index contributed by atoms with van der Waals surface area (Å²) in [6, 6.07) is 0. The third-order valence-electron chi connectivity index (χ3n) is 4.53. The van der Waals surface area contributed by atoms with Crippen molar-refractivity contribution >= 4 is 11.6 Å². The third-order valence-corrected chi connectivity index (χ3v) is 4.53. The number of hydrogen-bond acceptors (Lipinski definition) is 5. The predicted octanol–water partition coefficient (Wildman–Crippen LogP) is 1.34. The van der Waals surface area contributed by atoms with E-state index in [1.165, 1.54) is 0 Å². The first-order valence-corrected chi connectivity index (χ1v) is 8.61. The van der Waals surface area contributed by atoms with Crippen molar-refractivity contribution in [1.29, 1.82) is 0 Å². The first-order chi connectivity index (χ1) is 11.7. The van der Waals surface area contributed by atoms with E-state index in [0.717, 1.165) is 44.8 Å². The number of carbonyl (C=O) groups excluding carboxylic acids is 1. The zero-order valence-electron chi connectivity index (χ0n) is 14.4. The lowest BCUT2D eigenvalue weighted by molar-refractivity contribution is 0.0946. The number of rotatable bonds is 7. The molecule has 0 unspecified atom stereocenters. The second-order valence-electron chi connectivity index (χ2n) is 6.19. The maximum atomic E-state index is 12.4. The van der Waals surface area contributed by atoms with Crippen LogP contribution in [0.15, 0.2) is 18.6 Å². The van der Waals surface area contributed by atoms with Crippen LogP contribution in [0.3, 0.4) is 0 Å². The highest BCUT2D eigenvalue weighted by atomic mass is 16.5. The molecule has 3 rings (SSSR count). The summed E-state index contributed by atoms with van der Waals surface area (Å²) in [6.45, 7) is 9.24. The Morgan fingerprint density at radius 3 is 2.96 bits per heavy atom. The molecule has 0 aliphatic carbocycles. The lowest BCUT2D eigenvalue weighted by Gasteiger charge is -2.17. The highest BCUT2D eigenvalue weighted by molar-refractivity contribution is 5.99. The summed E-state index contributed by atoms with van der Waals surface area (Å²) in [5.41, 5.74) is 2.20. The van der Waals surface area contributed by atoms with E-state index in [0.29, 0.717) is 23.7 Å². The summed E-state index contributed by atoms with van der Waals surface area (Å²) >= 11 is 0. The van der Waals surface area contributed by atoms with Gasteiger partial charge < -0.3 is 10.1 Å². The van der Waals surface area contributed by atoms with Crippen molar-refractivity contribution in [2.45, 2.75) is 26.8 Å². The number of amides is 1. The molecule has 130 valence electrons. The molecule has 7 nitrogen and oxygen atoms in total. The highest BCUT2D eigenvalue weighted by Gasteiger charge is 2.19. The number of ether oxygens (including phenoxy) is 1. The predicted molar refractivity (Wildman–Crippen MR) is 90.9 cm³/mol. The molecule has 0 aromatic carbocycles. The highest BCUT2D eigenvalue weighted by Crippen LogP contribution is 2.13.